The molecule has 1 aromatic carbocycles. The molecule has 1 aromatic rings. The molecule has 118 valence electrons. The van der Waals surface area contributed by atoms with Gasteiger partial charge < -0.3 is 13.9 Å². The molecule has 0 spiro atoms. The molecule has 5 nitrogen and oxygen atoms in total. The first-order valence-electron chi connectivity index (χ1n) is 6.95. The first kappa shape index (κ1) is 16.4. The fraction of sp³-hybridized carbons (Fsp3) is 0.375. The molecule has 0 heterocycles. The summed E-state index contributed by atoms with van der Waals surface area (Å²) in [7, 11) is 0.498. The lowest BCUT2D eigenvalue weighted by Crippen LogP contribution is -2.36. The Morgan fingerprint density at radius 3 is 1.73 bits per heavy atom. The molecule has 0 amide bonds. The number of hydrogen-bond donors (Lipinski definition) is 0. The predicted octanol–water partition coefficient (Wildman–Crippen LogP) is 2.39. The number of ether oxygens (including phenoxy) is 2. The fourth-order valence-corrected chi connectivity index (χ4v) is 3.78. The highest BCUT2D eigenvalue weighted by Crippen LogP contribution is 2.57. The Balaban J connectivity index is 2.57. The van der Waals surface area contributed by atoms with Crippen LogP contribution in [0.15, 0.2) is 41.5 Å². The average molecular weight is 320 g/mol. The summed E-state index contributed by atoms with van der Waals surface area (Å²) in [5.74, 6) is -1.13. The van der Waals surface area contributed by atoms with Gasteiger partial charge in [0.2, 0.25) is 0 Å². The summed E-state index contributed by atoms with van der Waals surface area (Å²) in [6, 6.07) is 9.21. The molecule has 0 unspecified atom stereocenters. The second-order valence-corrected chi connectivity index (χ2v) is 10.4. The monoisotopic (exact) mass is 320 g/mol. The van der Waals surface area contributed by atoms with Gasteiger partial charge in [0.15, 0.2) is 8.32 Å². The van der Waals surface area contributed by atoms with Crippen LogP contribution in [0.2, 0.25) is 19.6 Å². The largest absolute Gasteiger partial charge is 0.466 e. The van der Waals surface area contributed by atoms with E-state index in [9.17, 15) is 9.59 Å². The van der Waals surface area contributed by atoms with Crippen molar-refractivity contribution in [1.82, 2.24) is 0 Å². The third-order valence-electron chi connectivity index (χ3n) is 3.31. The number of carbonyl (C=O) groups is 2. The van der Waals surface area contributed by atoms with Gasteiger partial charge in [-0.1, -0.05) is 30.3 Å². The van der Waals surface area contributed by atoms with Gasteiger partial charge in [0.25, 0.3) is 0 Å². The maximum absolute atomic E-state index is 12.1. The van der Waals surface area contributed by atoms with E-state index in [-0.39, 0.29) is 11.1 Å². The standard InChI is InChI=1S/C16H20O5Si/c1-19-14(17)12-13(15(18)20-2)16(12,21-22(3,4)5)11-9-7-6-8-10-11/h6-10H,1-5H3. The number of hydrogen-bond acceptors (Lipinski definition) is 5. The van der Waals surface area contributed by atoms with E-state index in [1.165, 1.54) is 14.2 Å². The smallest absolute Gasteiger partial charge is 0.338 e. The summed E-state index contributed by atoms with van der Waals surface area (Å²) >= 11 is 0. The quantitative estimate of drug-likeness (QED) is 0.616. The van der Waals surface area contributed by atoms with Gasteiger partial charge in [-0.05, 0) is 25.2 Å². The molecule has 0 N–H and O–H groups in total. The lowest BCUT2D eigenvalue weighted by molar-refractivity contribution is -0.137. The van der Waals surface area contributed by atoms with Crippen LogP contribution in [0.1, 0.15) is 5.56 Å². The minimum absolute atomic E-state index is 0.232. The minimum atomic E-state index is -2.07. The molecule has 6 heteroatoms. The number of rotatable bonds is 5. The van der Waals surface area contributed by atoms with E-state index in [1.54, 1.807) is 0 Å². The highest BCUT2D eigenvalue weighted by atomic mass is 28.4. The predicted molar refractivity (Wildman–Crippen MR) is 83.6 cm³/mol. The summed E-state index contributed by atoms with van der Waals surface area (Å²) in [5.41, 5.74) is 0.0514. The molecule has 22 heavy (non-hydrogen) atoms. The normalized spacial score (nSPS) is 16.2. The van der Waals surface area contributed by atoms with Crippen LogP contribution in [0, 0.1) is 0 Å². The molecular formula is C16H20O5Si. The molecule has 1 aliphatic carbocycles. The molecule has 0 radical (unpaired) electrons. The highest BCUT2D eigenvalue weighted by Gasteiger charge is 2.65. The molecule has 0 aromatic heterocycles. The molecule has 0 fully saturated rings. The van der Waals surface area contributed by atoms with Crippen molar-refractivity contribution in [2.24, 2.45) is 0 Å². The Bertz CT molecular complexity index is 602. The molecule has 1 aliphatic rings. The zero-order valence-electron chi connectivity index (χ0n) is 13.4. The van der Waals surface area contributed by atoms with E-state index < -0.39 is 25.9 Å². The van der Waals surface area contributed by atoms with Gasteiger partial charge in [-0.3, -0.25) is 0 Å². The van der Waals surface area contributed by atoms with Gasteiger partial charge in [-0.2, -0.15) is 0 Å². The van der Waals surface area contributed by atoms with Gasteiger partial charge in [0.1, 0.15) is 5.60 Å². The van der Waals surface area contributed by atoms with Crippen LogP contribution in [0.4, 0.5) is 0 Å². The van der Waals surface area contributed by atoms with Crippen LogP contribution >= 0.6 is 0 Å². The zero-order chi connectivity index (χ0) is 16.5. The number of methoxy groups -OCH3 is 2. The van der Waals surface area contributed by atoms with Crippen molar-refractivity contribution in [2.75, 3.05) is 14.2 Å². The third-order valence-corrected chi connectivity index (χ3v) is 4.23. The van der Waals surface area contributed by atoms with E-state index >= 15 is 0 Å². The van der Waals surface area contributed by atoms with E-state index in [0.29, 0.717) is 0 Å². The molecular weight excluding hydrogens is 300 g/mol. The van der Waals surface area contributed by atoms with E-state index in [4.69, 9.17) is 13.9 Å². The van der Waals surface area contributed by atoms with Gasteiger partial charge in [0.05, 0.1) is 25.4 Å². The van der Waals surface area contributed by atoms with Crippen LogP contribution in [-0.2, 0) is 29.1 Å². The molecule has 0 saturated carbocycles. The van der Waals surface area contributed by atoms with Crippen molar-refractivity contribution in [2.45, 2.75) is 25.2 Å². The second kappa shape index (κ2) is 5.70. The Morgan fingerprint density at radius 1 is 0.909 bits per heavy atom. The lowest BCUT2D eigenvalue weighted by atomic mass is 10.0. The SMILES string of the molecule is COC(=O)C1=C(C(=O)OC)C1(O[Si](C)(C)C)c1ccccc1. The maximum Gasteiger partial charge on any atom is 0.338 e. The van der Waals surface area contributed by atoms with E-state index in [1.807, 2.05) is 50.0 Å². The molecule has 0 aliphatic heterocycles. The van der Waals surface area contributed by atoms with Gasteiger partial charge in [-0.25, -0.2) is 9.59 Å². The van der Waals surface area contributed by atoms with E-state index in [2.05, 4.69) is 0 Å². The number of carbonyl (C=O) groups excluding carboxylic acids is 2. The van der Waals surface area contributed by atoms with Crippen molar-refractivity contribution >= 4 is 20.3 Å². The summed E-state index contributed by atoms with van der Waals surface area (Å²) in [6.45, 7) is 6.00. The Morgan fingerprint density at radius 2 is 1.36 bits per heavy atom. The van der Waals surface area contributed by atoms with Crippen molar-refractivity contribution in [3.63, 3.8) is 0 Å². The highest BCUT2D eigenvalue weighted by molar-refractivity contribution is 6.70. The van der Waals surface area contributed by atoms with Gasteiger partial charge >= 0.3 is 11.9 Å². The number of benzene rings is 1. The second-order valence-electron chi connectivity index (χ2n) is 5.99. The zero-order valence-corrected chi connectivity index (χ0v) is 14.4. The fourth-order valence-electron chi connectivity index (χ4n) is 2.54. The average Bonchev–Trinajstić information content (AvgIpc) is 3.14. The van der Waals surface area contributed by atoms with Crippen molar-refractivity contribution in [3.05, 3.63) is 47.0 Å². The van der Waals surface area contributed by atoms with Gasteiger partial charge in [-0.15, -0.1) is 0 Å². The summed E-state index contributed by atoms with van der Waals surface area (Å²) in [6.07, 6.45) is 0. The molecule has 0 bridgehead atoms. The minimum Gasteiger partial charge on any atom is -0.466 e. The first-order valence-corrected chi connectivity index (χ1v) is 10.4. The summed E-state index contributed by atoms with van der Waals surface area (Å²) in [5, 5.41) is 0. The van der Waals surface area contributed by atoms with Crippen molar-refractivity contribution < 1.29 is 23.5 Å². The lowest BCUT2D eigenvalue weighted by Gasteiger charge is -2.29. The van der Waals surface area contributed by atoms with Crippen LogP contribution in [0.5, 0.6) is 0 Å². The summed E-state index contributed by atoms with van der Waals surface area (Å²) < 4.78 is 15.9. The summed E-state index contributed by atoms with van der Waals surface area (Å²) in [4.78, 5) is 24.3. The van der Waals surface area contributed by atoms with Crippen molar-refractivity contribution in [1.29, 1.82) is 0 Å². The Kier molecular flexibility index (Phi) is 4.26. The maximum atomic E-state index is 12.1. The Labute approximate surface area is 131 Å². The van der Waals surface area contributed by atoms with Crippen LogP contribution < -0.4 is 0 Å². The Hall–Kier alpha value is -1.92. The topological polar surface area (TPSA) is 61.8 Å². The van der Waals surface area contributed by atoms with Crippen LogP contribution in [0.3, 0.4) is 0 Å². The number of esters is 2. The third kappa shape index (κ3) is 2.71. The molecule has 0 saturated heterocycles. The van der Waals surface area contributed by atoms with Crippen LogP contribution in [-0.4, -0.2) is 34.5 Å². The first-order chi connectivity index (χ1) is 10.3. The molecule has 0 atom stereocenters. The van der Waals surface area contributed by atoms with E-state index in [0.717, 1.165) is 5.56 Å². The molecule has 2 rings (SSSR count). The van der Waals surface area contributed by atoms with Crippen molar-refractivity contribution in [3.8, 4) is 0 Å². The van der Waals surface area contributed by atoms with Crippen LogP contribution in [0.25, 0.3) is 0 Å². The van der Waals surface area contributed by atoms with Gasteiger partial charge in [0, 0.05) is 0 Å².